The lowest BCUT2D eigenvalue weighted by atomic mass is 9.76. The number of nitrogens with zero attached hydrogens (tertiary/aromatic N) is 5. The summed E-state index contributed by atoms with van der Waals surface area (Å²) in [6.45, 7) is 3.77. The summed E-state index contributed by atoms with van der Waals surface area (Å²) in [6, 6.07) is 16.7. The molecule has 0 aliphatic carbocycles. The SMILES string of the molecule is COc1cc(C(=O)N2CCC(CCN3CCCN(c4nc5ccccc5n4CCOCC(F)(F)F)CC3)(c3ccc(Cl)c(Cl)c3)C2)cc(OC)c1OC. The average Bonchev–Trinajstić information content (AvgIpc) is 3.67. The van der Waals surface area contributed by atoms with Gasteiger partial charge in [0.25, 0.3) is 5.91 Å². The molecule has 0 saturated carbocycles. The number of para-hydroxylation sites is 2. The van der Waals surface area contributed by atoms with Crippen LogP contribution in [-0.2, 0) is 16.7 Å². The number of fused-ring (bicyclic) bond motifs is 1. The number of carbonyl (C=O) groups is 1. The van der Waals surface area contributed by atoms with Crippen molar-refractivity contribution < 1.29 is 36.9 Å². The topological polar surface area (TPSA) is 81.5 Å². The molecule has 3 aromatic carbocycles. The molecule has 2 fully saturated rings. The van der Waals surface area contributed by atoms with Gasteiger partial charge in [-0.3, -0.25) is 4.79 Å². The van der Waals surface area contributed by atoms with Crippen molar-refractivity contribution in [2.75, 3.05) is 85.3 Å². The second-order valence-corrected chi connectivity index (χ2v) is 14.3. The Hall–Kier alpha value is -3.91. The first-order valence-corrected chi connectivity index (χ1v) is 18.3. The fourth-order valence-corrected chi connectivity index (χ4v) is 7.78. The van der Waals surface area contributed by atoms with E-state index in [1.54, 1.807) is 12.1 Å². The standard InChI is InChI=1S/C38H44Cl2F3N5O5/c1-50-32-21-26(22-33(51-2)34(32)52-3)35(49)47-16-12-37(24-47,27-9-10-28(39)29(40)23-27)11-15-45-13-6-14-46(18-17-45)36-44-30-7-4-5-8-31(30)48(36)19-20-53-25-38(41,42)43/h4-5,7-10,21-23H,6,11-20,24-25H2,1-3H3. The third-order valence-electron chi connectivity index (χ3n) is 10.2. The monoisotopic (exact) mass is 777 g/mol. The van der Waals surface area contributed by atoms with E-state index in [4.69, 9.17) is 47.1 Å². The highest BCUT2D eigenvalue weighted by Crippen LogP contribution is 2.43. The highest BCUT2D eigenvalue weighted by atomic mass is 35.5. The fourth-order valence-electron chi connectivity index (χ4n) is 7.48. The van der Waals surface area contributed by atoms with Crippen LogP contribution in [-0.4, -0.2) is 112 Å². The first-order valence-electron chi connectivity index (χ1n) is 17.6. The molecule has 0 spiro atoms. The maximum atomic E-state index is 14.0. The lowest BCUT2D eigenvalue weighted by molar-refractivity contribution is -0.174. The van der Waals surface area contributed by atoms with Crippen LogP contribution in [0.4, 0.5) is 19.1 Å². The number of carbonyl (C=O) groups excluding carboxylic acids is 1. The van der Waals surface area contributed by atoms with Gasteiger partial charge >= 0.3 is 6.18 Å². The van der Waals surface area contributed by atoms with Gasteiger partial charge in [-0.2, -0.15) is 13.2 Å². The minimum atomic E-state index is -4.38. The van der Waals surface area contributed by atoms with E-state index in [1.165, 1.54) is 21.3 Å². The molecule has 0 bridgehead atoms. The summed E-state index contributed by atoms with van der Waals surface area (Å²) in [6.07, 6.45) is -1.99. The van der Waals surface area contributed by atoms with Gasteiger partial charge in [0, 0.05) is 50.2 Å². The molecule has 2 aliphatic rings. The zero-order chi connectivity index (χ0) is 37.8. The summed E-state index contributed by atoms with van der Waals surface area (Å²) in [4.78, 5) is 25.4. The van der Waals surface area contributed by atoms with Crippen molar-refractivity contribution >= 4 is 46.1 Å². The van der Waals surface area contributed by atoms with Gasteiger partial charge in [-0.05, 0) is 74.3 Å². The predicted molar refractivity (Wildman–Crippen MR) is 199 cm³/mol. The first kappa shape index (κ1) is 38.8. The van der Waals surface area contributed by atoms with Gasteiger partial charge in [0.15, 0.2) is 11.5 Å². The number of hydrogen-bond acceptors (Lipinski definition) is 8. The van der Waals surface area contributed by atoms with Crippen molar-refractivity contribution in [3.05, 3.63) is 75.8 Å². The number of halogens is 5. The Morgan fingerprint density at radius 2 is 1.64 bits per heavy atom. The minimum absolute atomic E-state index is 0.0807. The Kier molecular flexibility index (Phi) is 12.2. The molecule has 2 saturated heterocycles. The molecular weight excluding hydrogens is 734 g/mol. The van der Waals surface area contributed by atoms with E-state index in [0.29, 0.717) is 52.5 Å². The van der Waals surface area contributed by atoms with Crippen LogP contribution < -0.4 is 19.1 Å². The van der Waals surface area contributed by atoms with E-state index in [0.717, 1.165) is 68.0 Å². The van der Waals surface area contributed by atoms with Crippen LogP contribution in [0.25, 0.3) is 11.0 Å². The fraction of sp³-hybridized carbons (Fsp3) is 0.474. The third-order valence-corrected chi connectivity index (χ3v) is 11.0. The van der Waals surface area contributed by atoms with Gasteiger partial charge in [0.2, 0.25) is 11.7 Å². The second-order valence-electron chi connectivity index (χ2n) is 13.5. The maximum absolute atomic E-state index is 14.0. The van der Waals surface area contributed by atoms with Crippen LogP contribution in [0, 0.1) is 0 Å². The molecule has 10 nitrogen and oxygen atoms in total. The summed E-state index contributed by atoms with van der Waals surface area (Å²) < 4.78 is 61.6. The van der Waals surface area contributed by atoms with Crippen LogP contribution >= 0.6 is 23.2 Å². The van der Waals surface area contributed by atoms with E-state index < -0.39 is 12.8 Å². The Morgan fingerprint density at radius 1 is 0.887 bits per heavy atom. The Balaban J connectivity index is 1.18. The number of ether oxygens (including phenoxy) is 4. The Labute approximate surface area is 317 Å². The van der Waals surface area contributed by atoms with Gasteiger partial charge in [-0.1, -0.05) is 41.4 Å². The number of rotatable bonds is 13. The lowest BCUT2D eigenvalue weighted by Crippen LogP contribution is -2.39. The van der Waals surface area contributed by atoms with Crippen molar-refractivity contribution in [3.8, 4) is 17.2 Å². The molecule has 1 aromatic heterocycles. The summed E-state index contributed by atoms with van der Waals surface area (Å²) >= 11 is 12.9. The summed E-state index contributed by atoms with van der Waals surface area (Å²) in [5.41, 5.74) is 2.74. The third kappa shape index (κ3) is 8.74. The van der Waals surface area contributed by atoms with Crippen molar-refractivity contribution in [2.24, 2.45) is 0 Å². The van der Waals surface area contributed by atoms with Crippen molar-refractivity contribution in [2.45, 2.75) is 37.4 Å². The van der Waals surface area contributed by atoms with E-state index in [-0.39, 0.29) is 24.5 Å². The van der Waals surface area contributed by atoms with Crippen LogP contribution in [0.1, 0.15) is 35.2 Å². The number of hydrogen-bond donors (Lipinski definition) is 0. The molecule has 15 heteroatoms. The van der Waals surface area contributed by atoms with Crippen LogP contribution in [0.15, 0.2) is 54.6 Å². The molecular formula is C38H44Cl2F3N5O5. The maximum Gasteiger partial charge on any atom is 0.411 e. The Morgan fingerprint density at radius 3 is 2.34 bits per heavy atom. The van der Waals surface area contributed by atoms with Gasteiger partial charge < -0.3 is 38.2 Å². The number of imidazole rings is 1. The molecule has 1 unspecified atom stereocenters. The quantitative estimate of drug-likeness (QED) is 0.131. The number of likely N-dealkylation sites (tertiary alicyclic amines) is 1. The average molecular weight is 779 g/mol. The summed E-state index contributed by atoms with van der Waals surface area (Å²) in [7, 11) is 4.56. The first-order chi connectivity index (χ1) is 25.4. The van der Waals surface area contributed by atoms with E-state index in [2.05, 4.69) is 9.80 Å². The van der Waals surface area contributed by atoms with Crippen LogP contribution in [0.2, 0.25) is 10.0 Å². The largest absolute Gasteiger partial charge is 0.493 e. The summed E-state index contributed by atoms with van der Waals surface area (Å²) in [5, 5.41) is 0.939. The van der Waals surface area contributed by atoms with Gasteiger partial charge in [-0.15, -0.1) is 0 Å². The Bertz CT molecular complexity index is 1880. The molecule has 286 valence electrons. The molecule has 3 heterocycles. The van der Waals surface area contributed by atoms with Gasteiger partial charge in [0.1, 0.15) is 6.61 Å². The molecule has 4 aromatic rings. The number of aromatic nitrogens is 2. The molecule has 1 amide bonds. The molecule has 2 aliphatic heterocycles. The number of benzene rings is 3. The number of alkyl halides is 3. The van der Waals surface area contributed by atoms with Crippen molar-refractivity contribution in [1.82, 2.24) is 19.4 Å². The molecule has 53 heavy (non-hydrogen) atoms. The minimum Gasteiger partial charge on any atom is -0.493 e. The van der Waals surface area contributed by atoms with Gasteiger partial charge in [-0.25, -0.2) is 4.98 Å². The zero-order valence-electron chi connectivity index (χ0n) is 30.1. The van der Waals surface area contributed by atoms with Crippen molar-refractivity contribution in [1.29, 1.82) is 0 Å². The smallest absolute Gasteiger partial charge is 0.411 e. The highest BCUT2D eigenvalue weighted by molar-refractivity contribution is 6.42. The van der Waals surface area contributed by atoms with Crippen molar-refractivity contribution in [3.63, 3.8) is 0 Å². The predicted octanol–water partition coefficient (Wildman–Crippen LogP) is 7.33. The van der Waals surface area contributed by atoms with E-state index in [9.17, 15) is 18.0 Å². The number of anilines is 1. The lowest BCUT2D eigenvalue weighted by Gasteiger charge is -2.33. The van der Waals surface area contributed by atoms with E-state index >= 15 is 0 Å². The van der Waals surface area contributed by atoms with Crippen LogP contribution in [0.5, 0.6) is 17.2 Å². The van der Waals surface area contributed by atoms with Crippen LogP contribution in [0.3, 0.4) is 0 Å². The highest BCUT2D eigenvalue weighted by Gasteiger charge is 2.42. The molecule has 1 atom stereocenters. The number of amides is 1. The molecule has 0 N–H and O–H groups in total. The molecule has 6 rings (SSSR count). The number of methoxy groups -OCH3 is 3. The zero-order valence-corrected chi connectivity index (χ0v) is 31.6. The second kappa shape index (κ2) is 16.6. The van der Waals surface area contributed by atoms with Gasteiger partial charge in [0.05, 0.1) is 49.0 Å². The summed E-state index contributed by atoms with van der Waals surface area (Å²) in [5.74, 6) is 1.83. The molecule has 0 radical (unpaired) electrons. The van der Waals surface area contributed by atoms with E-state index in [1.807, 2.05) is 51.9 Å². The normalized spacial score (nSPS) is 18.4.